The van der Waals surface area contributed by atoms with Crippen LogP contribution in [0.2, 0.25) is 0 Å². The number of aliphatic imine (C=N–C) groups is 1. The smallest absolute Gasteiger partial charge is 0.227 e. The summed E-state index contributed by atoms with van der Waals surface area (Å²) in [5.41, 5.74) is 9.00. The third-order valence-corrected chi connectivity index (χ3v) is 5.47. The van der Waals surface area contributed by atoms with E-state index in [0.29, 0.717) is 12.5 Å². The highest BCUT2D eigenvalue weighted by Gasteiger charge is 2.18. The first-order chi connectivity index (χ1) is 14.5. The maximum absolute atomic E-state index is 13.1. The Morgan fingerprint density at radius 2 is 1.84 bits per heavy atom. The molecule has 1 amide bonds. The standard InChI is InChI=1S/C23H30FN5O.HI/c1-3-17(2)22(30)27-20-6-4-5-18(15-20)16-26-23(25)29-13-11-28(12-14-29)21-9-7-19(24)8-10-21;/h4-10,15,17H,3,11-14,16H2,1-2H3,(H2,25,26)(H,27,30);1H. The summed E-state index contributed by atoms with van der Waals surface area (Å²) in [6.45, 7) is 7.50. The number of anilines is 2. The fraction of sp³-hybridized carbons (Fsp3) is 0.391. The monoisotopic (exact) mass is 539 g/mol. The van der Waals surface area contributed by atoms with Gasteiger partial charge in [-0.3, -0.25) is 4.79 Å². The number of nitrogens with two attached hydrogens (primary N) is 1. The molecule has 0 radical (unpaired) electrons. The number of benzene rings is 2. The molecule has 3 rings (SSSR count). The number of hydrogen-bond acceptors (Lipinski definition) is 3. The van der Waals surface area contributed by atoms with Crippen molar-refractivity contribution < 1.29 is 9.18 Å². The van der Waals surface area contributed by atoms with Crippen molar-refractivity contribution in [3.05, 3.63) is 59.9 Å². The van der Waals surface area contributed by atoms with E-state index in [-0.39, 0.29) is 41.6 Å². The number of nitrogens with one attached hydrogen (secondary N) is 1. The van der Waals surface area contributed by atoms with Crippen molar-refractivity contribution in [2.24, 2.45) is 16.6 Å². The summed E-state index contributed by atoms with van der Waals surface area (Å²) >= 11 is 0. The Bertz CT molecular complexity index is 882. The molecule has 3 N–H and O–H groups in total. The van der Waals surface area contributed by atoms with Crippen molar-refractivity contribution in [1.82, 2.24) is 4.90 Å². The van der Waals surface area contributed by atoms with Crippen LogP contribution in [0, 0.1) is 11.7 Å². The fourth-order valence-corrected chi connectivity index (χ4v) is 3.32. The van der Waals surface area contributed by atoms with Gasteiger partial charge in [0.25, 0.3) is 0 Å². The molecule has 1 unspecified atom stereocenters. The maximum Gasteiger partial charge on any atom is 0.227 e. The summed E-state index contributed by atoms with van der Waals surface area (Å²) in [6.07, 6.45) is 0.806. The Morgan fingerprint density at radius 3 is 2.48 bits per heavy atom. The number of guanidine groups is 1. The second-order valence-corrected chi connectivity index (χ2v) is 7.62. The van der Waals surface area contributed by atoms with Gasteiger partial charge >= 0.3 is 0 Å². The molecule has 2 aromatic rings. The van der Waals surface area contributed by atoms with Crippen molar-refractivity contribution in [1.29, 1.82) is 0 Å². The topological polar surface area (TPSA) is 74.0 Å². The SMILES string of the molecule is CCC(C)C(=O)Nc1cccc(CN=C(N)N2CCN(c3ccc(F)cc3)CC2)c1.I. The summed E-state index contributed by atoms with van der Waals surface area (Å²) in [6, 6.07) is 14.3. The van der Waals surface area contributed by atoms with Gasteiger partial charge in [-0.15, -0.1) is 24.0 Å². The Morgan fingerprint density at radius 1 is 1.16 bits per heavy atom. The molecule has 1 saturated heterocycles. The summed E-state index contributed by atoms with van der Waals surface area (Å²) in [5.74, 6) is 0.299. The van der Waals surface area contributed by atoms with Crippen LogP contribution >= 0.6 is 24.0 Å². The van der Waals surface area contributed by atoms with Crippen molar-refractivity contribution in [3.8, 4) is 0 Å². The maximum atomic E-state index is 13.1. The first-order valence-electron chi connectivity index (χ1n) is 10.4. The fourth-order valence-electron chi connectivity index (χ4n) is 3.32. The number of carbonyl (C=O) groups is 1. The van der Waals surface area contributed by atoms with Crippen LogP contribution in [-0.4, -0.2) is 42.9 Å². The third kappa shape index (κ3) is 7.09. The van der Waals surface area contributed by atoms with Crippen LogP contribution in [0.25, 0.3) is 0 Å². The van der Waals surface area contributed by atoms with Crippen LogP contribution < -0.4 is 16.0 Å². The van der Waals surface area contributed by atoms with Gasteiger partial charge in [0.1, 0.15) is 5.82 Å². The van der Waals surface area contributed by atoms with Crippen molar-refractivity contribution in [3.63, 3.8) is 0 Å². The number of carbonyl (C=O) groups excluding carboxylic acids is 1. The molecule has 1 atom stereocenters. The first-order valence-corrected chi connectivity index (χ1v) is 10.4. The summed E-state index contributed by atoms with van der Waals surface area (Å²) in [7, 11) is 0. The molecule has 0 spiro atoms. The van der Waals surface area contributed by atoms with E-state index >= 15 is 0 Å². The van der Waals surface area contributed by atoms with E-state index in [1.54, 1.807) is 12.1 Å². The van der Waals surface area contributed by atoms with Crippen molar-refractivity contribution >= 4 is 47.2 Å². The predicted molar refractivity (Wildman–Crippen MR) is 135 cm³/mol. The predicted octanol–water partition coefficient (Wildman–Crippen LogP) is 4.07. The van der Waals surface area contributed by atoms with E-state index in [1.165, 1.54) is 12.1 Å². The lowest BCUT2D eigenvalue weighted by atomic mass is 10.1. The van der Waals surface area contributed by atoms with Gasteiger partial charge in [-0.25, -0.2) is 9.38 Å². The third-order valence-electron chi connectivity index (χ3n) is 5.47. The number of amides is 1. The van der Waals surface area contributed by atoms with E-state index in [4.69, 9.17) is 5.73 Å². The average molecular weight is 539 g/mol. The molecule has 168 valence electrons. The first kappa shape index (κ1) is 24.9. The molecule has 0 aromatic heterocycles. The second kappa shape index (κ2) is 11.9. The van der Waals surface area contributed by atoms with Crippen LogP contribution in [-0.2, 0) is 11.3 Å². The quantitative estimate of drug-likeness (QED) is 0.330. The lowest BCUT2D eigenvalue weighted by Crippen LogP contribution is -2.51. The highest BCUT2D eigenvalue weighted by Crippen LogP contribution is 2.17. The van der Waals surface area contributed by atoms with Gasteiger partial charge in [0, 0.05) is 43.5 Å². The van der Waals surface area contributed by atoms with E-state index in [9.17, 15) is 9.18 Å². The molecule has 0 aliphatic carbocycles. The molecule has 2 aromatic carbocycles. The highest BCUT2D eigenvalue weighted by molar-refractivity contribution is 14.0. The van der Waals surface area contributed by atoms with Crippen LogP contribution in [0.4, 0.5) is 15.8 Å². The second-order valence-electron chi connectivity index (χ2n) is 7.62. The number of piperazine rings is 1. The van der Waals surface area contributed by atoms with Crippen LogP contribution in [0.5, 0.6) is 0 Å². The van der Waals surface area contributed by atoms with Crippen molar-refractivity contribution in [2.75, 3.05) is 36.4 Å². The molecular weight excluding hydrogens is 508 g/mol. The summed E-state index contributed by atoms with van der Waals surface area (Å²) in [4.78, 5) is 20.9. The zero-order chi connectivity index (χ0) is 21.5. The van der Waals surface area contributed by atoms with Gasteiger partial charge in [0.2, 0.25) is 5.91 Å². The highest BCUT2D eigenvalue weighted by atomic mass is 127. The van der Waals surface area contributed by atoms with Crippen LogP contribution in [0.1, 0.15) is 25.8 Å². The largest absolute Gasteiger partial charge is 0.370 e. The lowest BCUT2D eigenvalue weighted by Gasteiger charge is -2.36. The zero-order valence-electron chi connectivity index (χ0n) is 18.1. The Labute approximate surface area is 200 Å². The van der Waals surface area contributed by atoms with Crippen LogP contribution in [0.3, 0.4) is 0 Å². The van der Waals surface area contributed by atoms with Crippen molar-refractivity contribution in [2.45, 2.75) is 26.8 Å². The molecule has 1 aliphatic heterocycles. The minimum absolute atomic E-state index is 0. The van der Waals surface area contributed by atoms with Gasteiger partial charge in [0.15, 0.2) is 5.96 Å². The molecule has 6 nitrogen and oxygen atoms in total. The molecule has 0 bridgehead atoms. The average Bonchev–Trinajstić information content (AvgIpc) is 2.77. The summed E-state index contributed by atoms with van der Waals surface area (Å²) < 4.78 is 13.1. The molecule has 31 heavy (non-hydrogen) atoms. The number of hydrogen-bond donors (Lipinski definition) is 2. The molecule has 1 fully saturated rings. The molecular formula is C23H31FIN5O. The Balaban J connectivity index is 0.00000341. The van der Waals surface area contributed by atoms with Gasteiger partial charge in [-0.05, 0) is 48.4 Å². The van der Waals surface area contributed by atoms with E-state index in [0.717, 1.165) is 49.5 Å². The van der Waals surface area contributed by atoms with Crippen LogP contribution in [0.15, 0.2) is 53.5 Å². The number of halogens is 2. The lowest BCUT2D eigenvalue weighted by molar-refractivity contribution is -0.119. The minimum Gasteiger partial charge on any atom is -0.370 e. The Kier molecular flexibility index (Phi) is 9.54. The molecule has 8 heteroatoms. The van der Waals surface area contributed by atoms with Gasteiger partial charge in [0.05, 0.1) is 6.54 Å². The molecule has 1 aliphatic rings. The minimum atomic E-state index is -0.225. The van der Waals surface area contributed by atoms with Gasteiger partial charge in [-0.2, -0.15) is 0 Å². The van der Waals surface area contributed by atoms with E-state index in [1.807, 2.05) is 38.1 Å². The molecule has 1 heterocycles. The zero-order valence-corrected chi connectivity index (χ0v) is 20.4. The van der Waals surface area contributed by atoms with E-state index < -0.39 is 0 Å². The normalized spacial score (nSPS) is 15.3. The number of rotatable bonds is 6. The van der Waals surface area contributed by atoms with Gasteiger partial charge in [-0.1, -0.05) is 26.0 Å². The number of nitrogens with zero attached hydrogens (tertiary/aromatic N) is 3. The van der Waals surface area contributed by atoms with E-state index in [2.05, 4.69) is 20.1 Å². The molecule has 0 saturated carbocycles. The Hall–Kier alpha value is -2.36. The van der Waals surface area contributed by atoms with Gasteiger partial charge < -0.3 is 20.9 Å². The summed E-state index contributed by atoms with van der Waals surface area (Å²) in [5, 5.41) is 2.95.